The molecule has 3 aromatic heterocycles. The minimum atomic E-state index is -1.71. The molecule has 0 bridgehead atoms. The maximum absolute atomic E-state index is 14.2. The number of amides is 2. The number of aromatic nitrogens is 5. The highest BCUT2D eigenvalue weighted by Gasteiger charge is 2.50. The minimum absolute atomic E-state index is 0.00242. The Labute approximate surface area is 413 Å². The first-order valence-electron chi connectivity index (χ1n) is 24.1. The van der Waals surface area contributed by atoms with Crippen LogP contribution < -0.4 is 15.6 Å². The van der Waals surface area contributed by atoms with Gasteiger partial charge in [0.2, 0.25) is 11.4 Å². The number of fused-ring (bicyclic) bond motifs is 5. The Morgan fingerprint density at radius 2 is 1.60 bits per heavy atom. The normalized spacial score (nSPS) is 16.4. The van der Waals surface area contributed by atoms with Crippen LogP contribution in [0.15, 0.2) is 89.7 Å². The van der Waals surface area contributed by atoms with Crippen LogP contribution in [0.25, 0.3) is 39.4 Å². The molecule has 4 N–H and O–H groups in total. The number of aryl methyl sites for hydroxylation is 1. The quantitative estimate of drug-likeness (QED) is 0.0489. The first kappa shape index (κ1) is 47.6. The van der Waals surface area contributed by atoms with Gasteiger partial charge in [-0.25, -0.2) is 19.6 Å². The molecule has 2 amide bonds. The van der Waals surface area contributed by atoms with Gasteiger partial charge < -0.3 is 39.6 Å². The number of phenolic OH excluding ortho intramolecular Hbond substituents is 3. The molecule has 370 valence electrons. The van der Waals surface area contributed by atoms with Crippen LogP contribution in [-0.4, -0.2) is 88.1 Å². The Hall–Kier alpha value is -8.09. The molecule has 1 atom stereocenters. The molecule has 0 spiro atoms. The summed E-state index contributed by atoms with van der Waals surface area (Å²) < 4.78 is 14.9. The van der Waals surface area contributed by atoms with Crippen molar-refractivity contribution in [3.63, 3.8) is 0 Å². The summed E-state index contributed by atoms with van der Waals surface area (Å²) >= 11 is 0. The van der Waals surface area contributed by atoms with Crippen LogP contribution >= 0.6 is 0 Å². The minimum Gasteiger partial charge on any atom is -0.508 e. The number of pyridine rings is 2. The van der Waals surface area contributed by atoms with Crippen molar-refractivity contribution in [3.05, 3.63) is 134 Å². The molecule has 1 unspecified atom stereocenters. The number of rotatable bonds is 13. The molecule has 4 aromatic carbocycles. The Bertz CT molecular complexity index is 3360. The second-order valence-electron chi connectivity index (χ2n) is 18.5. The summed E-state index contributed by atoms with van der Waals surface area (Å²) in [6.07, 6.45) is 1.17. The second kappa shape index (κ2) is 18.9. The van der Waals surface area contributed by atoms with E-state index in [1.165, 1.54) is 10.6 Å². The third kappa shape index (κ3) is 8.24. The molecular weight excluding hydrogens is 923 g/mol. The zero-order chi connectivity index (χ0) is 50.6. The van der Waals surface area contributed by atoms with Crippen molar-refractivity contribution in [1.29, 1.82) is 0 Å². The van der Waals surface area contributed by atoms with E-state index < -0.39 is 23.6 Å². The van der Waals surface area contributed by atoms with E-state index in [4.69, 9.17) is 24.2 Å². The van der Waals surface area contributed by atoms with E-state index in [2.05, 4.69) is 15.5 Å². The third-order valence-corrected chi connectivity index (χ3v) is 13.8. The highest BCUT2D eigenvalue weighted by molar-refractivity contribution is 5.95. The average Bonchev–Trinajstić information content (AvgIpc) is 3.98. The van der Waals surface area contributed by atoms with Gasteiger partial charge in [0, 0.05) is 53.5 Å². The van der Waals surface area contributed by atoms with Crippen LogP contribution in [0.5, 0.6) is 28.7 Å². The fourth-order valence-electron chi connectivity index (χ4n) is 9.96. The number of piperidine rings is 1. The number of phenols is 3. The lowest BCUT2D eigenvalue weighted by Gasteiger charge is -2.37. The highest BCUT2D eigenvalue weighted by atomic mass is 17.2. The van der Waals surface area contributed by atoms with E-state index in [9.17, 15) is 34.5 Å². The molecule has 1 saturated heterocycles. The largest absolute Gasteiger partial charge is 0.508 e. The number of nitrogens with one attached hydrogen (secondary N) is 1. The van der Waals surface area contributed by atoms with Gasteiger partial charge in [-0.15, -0.1) is 10.2 Å². The van der Waals surface area contributed by atoms with E-state index in [1.807, 2.05) is 20.8 Å². The molecule has 6 heterocycles. The number of esters is 1. The lowest BCUT2D eigenvalue weighted by Crippen LogP contribution is -2.48. The van der Waals surface area contributed by atoms with Crippen molar-refractivity contribution in [2.24, 2.45) is 0 Å². The molecule has 10 rings (SSSR count). The predicted molar refractivity (Wildman–Crippen MR) is 263 cm³/mol. The SMILES string of the molecule is CCNC(=O)c1nnc(-c2cc(C(C)C)c(O)cc2O)n1-c1ccc(Oc2ccc(C(=O)N3CCC(OOC4(CC)C(=O)OCc5c4cc4n(c5=O)Cc5c-4nc4ccc(O)cc4c5CC)CC3)cc2)cc1. The Morgan fingerprint density at radius 1 is 0.875 bits per heavy atom. The van der Waals surface area contributed by atoms with Crippen molar-refractivity contribution >= 4 is 28.7 Å². The monoisotopic (exact) mass is 975 g/mol. The molecule has 0 saturated carbocycles. The van der Waals surface area contributed by atoms with Crippen LogP contribution in [0.2, 0.25) is 0 Å². The predicted octanol–water partition coefficient (Wildman–Crippen LogP) is 7.93. The fraction of sp³-hybridized carbons (Fsp3) is 0.315. The van der Waals surface area contributed by atoms with Gasteiger partial charge in [-0.1, -0.05) is 27.7 Å². The summed E-state index contributed by atoms with van der Waals surface area (Å²) in [7, 11) is 0. The van der Waals surface area contributed by atoms with E-state index in [-0.39, 0.29) is 64.9 Å². The Balaban J connectivity index is 0.798. The third-order valence-electron chi connectivity index (χ3n) is 13.8. The number of hydrogen-bond acceptors (Lipinski definition) is 14. The Kier molecular flexibility index (Phi) is 12.5. The van der Waals surface area contributed by atoms with E-state index in [1.54, 1.807) is 102 Å². The molecule has 18 nitrogen and oxygen atoms in total. The van der Waals surface area contributed by atoms with E-state index in [0.29, 0.717) is 102 Å². The zero-order valence-electron chi connectivity index (χ0n) is 40.4. The zero-order valence-corrected chi connectivity index (χ0v) is 40.4. The molecule has 3 aliphatic rings. The van der Waals surface area contributed by atoms with Gasteiger partial charge in [-0.2, -0.15) is 0 Å². The van der Waals surface area contributed by atoms with Crippen LogP contribution in [-0.2, 0) is 44.5 Å². The van der Waals surface area contributed by atoms with Crippen molar-refractivity contribution < 1.29 is 49.0 Å². The number of ether oxygens (including phenoxy) is 2. The molecular formula is C54H53N7O11. The van der Waals surface area contributed by atoms with Gasteiger partial charge in [0.05, 0.1) is 40.7 Å². The van der Waals surface area contributed by atoms with Crippen LogP contribution in [0, 0.1) is 0 Å². The van der Waals surface area contributed by atoms with Crippen molar-refractivity contribution in [2.75, 3.05) is 19.6 Å². The molecule has 18 heteroatoms. The standard InChI is InChI=1S/C54H53N7O11/c1-6-36-38-23-32(62)13-18-43(38)56-47-40(36)27-60-44(47)25-42-41(52(60)67)28-69-53(68)54(42,7-2)72-71-35-19-21-59(22-20-35)51(66)30-9-14-33(15-10-30)70-34-16-11-31(12-17-34)61-48(57-58-49(61)50(65)55-8-3)39-24-37(29(4)5)45(63)26-46(39)64/h9-18,23-26,29,35,62-64H,6-8,19-22,27-28H2,1-5H3,(H,55,65). The van der Waals surface area contributed by atoms with Crippen molar-refractivity contribution in [3.8, 4) is 57.2 Å². The number of cyclic esters (lactones) is 1. The number of carbonyl (C=O) groups excluding carboxylic acids is 3. The summed E-state index contributed by atoms with van der Waals surface area (Å²) in [4.78, 5) is 73.6. The van der Waals surface area contributed by atoms with Gasteiger partial charge in [0.1, 0.15) is 35.4 Å². The van der Waals surface area contributed by atoms with Crippen molar-refractivity contribution in [2.45, 2.75) is 91.1 Å². The highest BCUT2D eigenvalue weighted by Crippen LogP contribution is 2.44. The van der Waals surface area contributed by atoms with E-state index in [0.717, 1.165) is 16.5 Å². The molecule has 1 fully saturated rings. The number of carbonyl (C=O) groups is 3. The summed E-state index contributed by atoms with van der Waals surface area (Å²) in [6.45, 7) is 10.6. The number of likely N-dealkylation sites (tertiary alicyclic amines) is 1. The first-order valence-corrected chi connectivity index (χ1v) is 24.1. The lowest BCUT2D eigenvalue weighted by molar-refractivity contribution is -0.388. The van der Waals surface area contributed by atoms with Crippen LogP contribution in [0.3, 0.4) is 0 Å². The number of benzene rings is 4. The van der Waals surface area contributed by atoms with Crippen LogP contribution in [0.4, 0.5) is 0 Å². The molecule has 0 radical (unpaired) electrons. The number of aromatic hydroxyl groups is 3. The molecule has 3 aliphatic heterocycles. The number of nitrogens with zero attached hydrogens (tertiary/aromatic N) is 6. The van der Waals surface area contributed by atoms with E-state index >= 15 is 0 Å². The molecule has 7 aromatic rings. The topological polar surface area (TPSA) is 230 Å². The van der Waals surface area contributed by atoms with Gasteiger partial charge in [-0.3, -0.25) is 19.0 Å². The average molecular weight is 976 g/mol. The summed E-state index contributed by atoms with van der Waals surface area (Å²) in [5, 5.41) is 43.6. The van der Waals surface area contributed by atoms with Gasteiger partial charge in [0.25, 0.3) is 17.4 Å². The molecule has 0 aliphatic carbocycles. The second-order valence-corrected chi connectivity index (χ2v) is 18.5. The van der Waals surface area contributed by atoms with Crippen LogP contribution in [0.1, 0.15) is 109 Å². The smallest absolute Gasteiger partial charge is 0.346 e. The maximum Gasteiger partial charge on any atom is 0.346 e. The summed E-state index contributed by atoms with van der Waals surface area (Å²) in [6, 6.07) is 23.4. The Morgan fingerprint density at radius 3 is 2.28 bits per heavy atom. The van der Waals surface area contributed by atoms with Gasteiger partial charge in [0.15, 0.2) is 5.82 Å². The molecule has 72 heavy (non-hydrogen) atoms. The van der Waals surface area contributed by atoms with Crippen molar-refractivity contribution in [1.82, 2.24) is 34.5 Å². The first-order chi connectivity index (χ1) is 34.7. The van der Waals surface area contributed by atoms with Gasteiger partial charge in [-0.05, 0) is 129 Å². The maximum atomic E-state index is 14.2. The summed E-state index contributed by atoms with van der Waals surface area (Å²) in [5.74, 6) is -0.346. The lowest BCUT2D eigenvalue weighted by atomic mass is 9.86. The van der Waals surface area contributed by atoms with Gasteiger partial charge >= 0.3 is 5.97 Å². The fourth-order valence-corrected chi connectivity index (χ4v) is 9.96. The summed E-state index contributed by atoms with van der Waals surface area (Å²) in [5.41, 5.74) is 4.32. The number of hydrogen-bond donors (Lipinski definition) is 4.